The molecule has 3 aliphatic rings. The SMILES string of the molecule is CC(C)CN(C[C@@H](O)[C@H](Cc1ccc(OCCCCO[Si](C)(C)C(C)(C)C)cc1)NC(=O)O[C@H]1CO[C@H]2OCC[C@H]21)S(=O)(=O)c1ccc2c(c1)OCO2. The maximum atomic E-state index is 14.0. The van der Waals surface area contributed by atoms with Gasteiger partial charge in [-0.1, -0.05) is 46.8 Å². The molecule has 15 heteroatoms. The van der Waals surface area contributed by atoms with Gasteiger partial charge in [0.15, 0.2) is 26.1 Å². The molecule has 0 spiro atoms. The number of nitrogens with one attached hydrogen (secondary N) is 1. The summed E-state index contributed by atoms with van der Waals surface area (Å²) in [5, 5.41) is 14.7. The number of carbonyl (C=O) groups excluding carboxylic acids is 1. The average molecular weight is 779 g/mol. The Hall–Kier alpha value is -2.92. The van der Waals surface area contributed by atoms with Crippen molar-refractivity contribution in [2.24, 2.45) is 11.8 Å². The van der Waals surface area contributed by atoms with Gasteiger partial charge in [0.05, 0.1) is 42.8 Å². The number of hydrogen-bond acceptors (Lipinski definition) is 11. The van der Waals surface area contributed by atoms with Crippen LogP contribution in [0.3, 0.4) is 0 Å². The van der Waals surface area contributed by atoms with E-state index < -0.39 is 49.0 Å². The number of rotatable bonds is 18. The normalized spacial score (nSPS) is 21.1. The highest BCUT2D eigenvalue weighted by molar-refractivity contribution is 7.89. The van der Waals surface area contributed by atoms with Gasteiger partial charge in [0.2, 0.25) is 16.8 Å². The smallest absolute Gasteiger partial charge is 0.407 e. The molecule has 3 heterocycles. The first-order valence-corrected chi connectivity index (χ1v) is 23.0. The number of sulfonamides is 1. The summed E-state index contributed by atoms with van der Waals surface area (Å²) in [6.07, 6.45) is -0.203. The number of alkyl carbamates (subject to hydrolysis) is 1. The lowest BCUT2D eigenvalue weighted by molar-refractivity contribution is -0.0907. The summed E-state index contributed by atoms with van der Waals surface area (Å²) in [6.45, 7) is 16.9. The van der Waals surface area contributed by atoms with Gasteiger partial charge < -0.3 is 43.3 Å². The third kappa shape index (κ3) is 10.9. The molecule has 296 valence electrons. The first-order chi connectivity index (χ1) is 25.0. The van der Waals surface area contributed by atoms with Crippen molar-refractivity contribution < 1.29 is 51.2 Å². The van der Waals surface area contributed by atoms with E-state index in [0.29, 0.717) is 37.1 Å². The van der Waals surface area contributed by atoms with Gasteiger partial charge in [0.1, 0.15) is 11.9 Å². The second-order valence-corrected chi connectivity index (χ2v) is 22.8. The Morgan fingerprint density at radius 3 is 2.45 bits per heavy atom. The Kier molecular flexibility index (Phi) is 13.8. The van der Waals surface area contributed by atoms with Crippen molar-refractivity contribution in [3.63, 3.8) is 0 Å². The van der Waals surface area contributed by atoms with E-state index >= 15 is 0 Å². The molecular formula is C38H58N2O11SSi. The van der Waals surface area contributed by atoms with Crippen LogP contribution in [0.25, 0.3) is 0 Å². The lowest BCUT2D eigenvalue weighted by atomic mass is 10.0. The molecule has 0 aliphatic carbocycles. The van der Waals surface area contributed by atoms with E-state index in [0.717, 1.165) is 24.8 Å². The van der Waals surface area contributed by atoms with Gasteiger partial charge >= 0.3 is 6.09 Å². The van der Waals surface area contributed by atoms with Crippen LogP contribution in [0, 0.1) is 11.8 Å². The largest absolute Gasteiger partial charge is 0.494 e. The van der Waals surface area contributed by atoms with Gasteiger partial charge in [0, 0.05) is 25.8 Å². The zero-order chi connectivity index (χ0) is 38.4. The molecular weight excluding hydrogens is 721 g/mol. The van der Waals surface area contributed by atoms with E-state index in [1.54, 1.807) is 6.07 Å². The van der Waals surface area contributed by atoms with Crippen LogP contribution in [0.15, 0.2) is 47.4 Å². The lowest BCUT2D eigenvalue weighted by Crippen LogP contribution is -2.51. The van der Waals surface area contributed by atoms with Crippen LogP contribution in [0.1, 0.15) is 59.4 Å². The summed E-state index contributed by atoms with van der Waals surface area (Å²) in [5.41, 5.74) is 0.812. The van der Waals surface area contributed by atoms with E-state index in [9.17, 15) is 18.3 Å². The van der Waals surface area contributed by atoms with E-state index in [4.69, 9.17) is 32.8 Å². The number of unbranched alkanes of at least 4 members (excludes halogenated alkanes) is 1. The fraction of sp³-hybridized carbons (Fsp3) is 0.658. The van der Waals surface area contributed by atoms with E-state index in [1.807, 2.05) is 38.1 Å². The van der Waals surface area contributed by atoms with Crippen molar-refractivity contribution in [2.75, 3.05) is 46.3 Å². The Bertz CT molecular complexity index is 1620. The number of aliphatic hydroxyl groups excluding tert-OH is 1. The highest BCUT2D eigenvalue weighted by Crippen LogP contribution is 2.37. The zero-order valence-corrected chi connectivity index (χ0v) is 34.0. The second-order valence-electron chi connectivity index (χ2n) is 16.0. The lowest BCUT2D eigenvalue weighted by Gasteiger charge is -2.36. The molecule has 2 N–H and O–H groups in total. The molecule has 5 rings (SSSR count). The highest BCUT2D eigenvalue weighted by Gasteiger charge is 2.44. The molecule has 0 aromatic heterocycles. The Morgan fingerprint density at radius 2 is 1.74 bits per heavy atom. The molecule has 2 fully saturated rings. The van der Waals surface area contributed by atoms with Crippen LogP contribution >= 0.6 is 0 Å². The fourth-order valence-electron chi connectivity index (χ4n) is 6.27. The summed E-state index contributed by atoms with van der Waals surface area (Å²) < 4.78 is 69.2. The van der Waals surface area contributed by atoms with Gasteiger partial charge in [-0.15, -0.1) is 0 Å². The average Bonchev–Trinajstić information content (AvgIpc) is 3.84. The standard InChI is InChI=1S/C38H58N2O11SSi/c1-26(2)22-40(52(43,44)29-14-15-33-34(21-29)49-25-48-33)23-32(41)31(39-37(42)51-35-24-47-36-30(35)16-19-46-36)20-27-10-12-28(13-11-27)45-17-8-9-18-50-53(6,7)38(3,4)5/h10-15,21,26,30-32,35-36,41H,8-9,16-20,22-25H2,1-7H3,(H,39,42)/t30-,31-,32+,35-,36+/m0/s1. The molecule has 0 bridgehead atoms. The van der Waals surface area contributed by atoms with Crippen molar-refractivity contribution >= 4 is 24.4 Å². The highest BCUT2D eigenvalue weighted by atomic mass is 32.2. The zero-order valence-electron chi connectivity index (χ0n) is 32.2. The van der Waals surface area contributed by atoms with Gasteiger partial charge in [-0.05, 0) is 79.6 Å². The number of fused-ring (bicyclic) bond motifs is 2. The van der Waals surface area contributed by atoms with E-state index in [2.05, 4.69) is 39.2 Å². The minimum atomic E-state index is -4.07. The molecule has 3 aliphatic heterocycles. The van der Waals surface area contributed by atoms with Crippen molar-refractivity contribution in [3.05, 3.63) is 48.0 Å². The van der Waals surface area contributed by atoms with Crippen molar-refractivity contribution in [2.45, 2.75) is 108 Å². The van der Waals surface area contributed by atoms with E-state index in [-0.39, 0.29) is 54.7 Å². The first kappa shape index (κ1) is 41.2. The summed E-state index contributed by atoms with van der Waals surface area (Å²) in [6, 6.07) is 11.0. The summed E-state index contributed by atoms with van der Waals surface area (Å²) in [4.78, 5) is 13.3. The Labute approximate surface area is 315 Å². The minimum Gasteiger partial charge on any atom is -0.494 e. The van der Waals surface area contributed by atoms with Crippen LogP contribution in [-0.2, 0) is 35.1 Å². The molecule has 53 heavy (non-hydrogen) atoms. The molecule has 2 aromatic carbocycles. The number of carbonyl (C=O) groups is 1. The number of aliphatic hydroxyl groups is 1. The Morgan fingerprint density at radius 1 is 1.02 bits per heavy atom. The molecule has 2 aromatic rings. The first-order valence-electron chi connectivity index (χ1n) is 18.7. The molecule has 1 amide bonds. The third-order valence-corrected chi connectivity index (χ3v) is 16.8. The maximum Gasteiger partial charge on any atom is 0.407 e. The van der Waals surface area contributed by atoms with Crippen molar-refractivity contribution in [1.82, 2.24) is 9.62 Å². The predicted octanol–water partition coefficient (Wildman–Crippen LogP) is 5.70. The fourth-order valence-corrected chi connectivity index (χ4v) is 8.99. The van der Waals surface area contributed by atoms with E-state index in [1.165, 1.54) is 16.4 Å². The summed E-state index contributed by atoms with van der Waals surface area (Å²) >= 11 is 0. The van der Waals surface area contributed by atoms with Crippen LogP contribution < -0.4 is 19.5 Å². The van der Waals surface area contributed by atoms with Crippen LogP contribution in [0.5, 0.6) is 17.2 Å². The third-order valence-electron chi connectivity index (χ3n) is 10.4. The molecule has 0 radical (unpaired) electrons. The van der Waals surface area contributed by atoms with Crippen LogP contribution in [0.4, 0.5) is 4.79 Å². The van der Waals surface area contributed by atoms with Crippen molar-refractivity contribution in [3.8, 4) is 17.2 Å². The number of benzene rings is 2. The molecule has 13 nitrogen and oxygen atoms in total. The molecule has 0 saturated carbocycles. The van der Waals surface area contributed by atoms with Gasteiger partial charge in [-0.2, -0.15) is 4.31 Å². The monoisotopic (exact) mass is 778 g/mol. The van der Waals surface area contributed by atoms with Gasteiger partial charge in [-0.3, -0.25) is 0 Å². The predicted molar refractivity (Wildman–Crippen MR) is 201 cm³/mol. The van der Waals surface area contributed by atoms with Crippen LogP contribution in [0.2, 0.25) is 18.1 Å². The second kappa shape index (κ2) is 17.7. The minimum absolute atomic E-state index is 0.0122. The quantitative estimate of drug-likeness (QED) is 0.142. The number of ether oxygens (including phenoxy) is 6. The molecule has 2 saturated heterocycles. The van der Waals surface area contributed by atoms with Crippen molar-refractivity contribution in [1.29, 1.82) is 0 Å². The Balaban J connectivity index is 1.24. The molecule has 0 unspecified atom stereocenters. The van der Waals surface area contributed by atoms with Gasteiger partial charge in [0.25, 0.3) is 0 Å². The number of amides is 1. The maximum absolute atomic E-state index is 14.0. The number of hydrogen-bond donors (Lipinski definition) is 2. The summed E-state index contributed by atoms with van der Waals surface area (Å²) in [7, 11) is -5.84. The number of nitrogens with zero attached hydrogens (tertiary/aromatic N) is 1. The topological polar surface area (TPSA) is 151 Å². The van der Waals surface area contributed by atoms with Crippen LogP contribution in [-0.4, -0.2) is 103 Å². The van der Waals surface area contributed by atoms with Gasteiger partial charge in [-0.25, -0.2) is 13.2 Å². The summed E-state index contributed by atoms with van der Waals surface area (Å²) in [5.74, 6) is 1.40. The molecule has 5 atom stereocenters.